The van der Waals surface area contributed by atoms with Crippen molar-refractivity contribution in [2.24, 2.45) is 0 Å². The molecule has 1 aliphatic heterocycles. The molecule has 3 rings (SSSR count). The van der Waals surface area contributed by atoms with Crippen LogP contribution >= 0.6 is 22.9 Å². The van der Waals surface area contributed by atoms with E-state index in [1.54, 1.807) is 16.3 Å². The van der Waals surface area contributed by atoms with E-state index in [1.807, 2.05) is 18.2 Å². The van der Waals surface area contributed by atoms with Gasteiger partial charge in [-0.2, -0.15) is 0 Å². The molecule has 0 aliphatic carbocycles. The molecule has 1 aromatic heterocycles. The number of rotatable bonds is 3. The lowest BCUT2D eigenvalue weighted by Gasteiger charge is -2.26. The molecule has 0 bridgehead atoms. The molecule has 4 nitrogen and oxygen atoms in total. The van der Waals surface area contributed by atoms with E-state index in [-0.39, 0.29) is 5.91 Å². The van der Waals surface area contributed by atoms with E-state index >= 15 is 0 Å². The lowest BCUT2D eigenvalue weighted by atomic mass is 10.1. The minimum Gasteiger partial charge on any atom is -0.278 e. The number of piperidine rings is 1. The smallest absolute Gasteiger partial charge is 0.236 e. The van der Waals surface area contributed by atoms with Crippen molar-refractivity contribution < 1.29 is 4.79 Å². The summed E-state index contributed by atoms with van der Waals surface area (Å²) < 4.78 is 1.12. The van der Waals surface area contributed by atoms with Gasteiger partial charge in [-0.05, 0) is 31.0 Å². The lowest BCUT2D eigenvalue weighted by Crippen LogP contribution is -2.45. The first kappa shape index (κ1) is 12.8. The molecular weight excluding hydrogens is 282 g/mol. The fourth-order valence-corrected chi connectivity index (χ4v) is 3.21. The van der Waals surface area contributed by atoms with Gasteiger partial charge >= 0.3 is 0 Å². The molecule has 0 saturated carbocycles. The number of amides is 1. The van der Waals surface area contributed by atoms with Gasteiger partial charge in [0.05, 0.1) is 16.8 Å². The molecule has 1 aromatic carbocycles. The van der Waals surface area contributed by atoms with Crippen molar-refractivity contribution in [3.05, 3.63) is 28.2 Å². The zero-order chi connectivity index (χ0) is 13.2. The molecule has 2 heterocycles. The zero-order valence-corrected chi connectivity index (χ0v) is 11.9. The molecule has 1 aliphatic rings. The molecule has 6 heteroatoms. The van der Waals surface area contributed by atoms with Crippen LogP contribution in [0.5, 0.6) is 0 Å². The van der Waals surface area contributed by atoms with Crippen molar-refractivity contribution in [2.45, 2.75) is 25.8 Å². The number of carbonyl (C=O) groups is 1. The summed E-state index contributed by atoms with van der Waals surface area (Å²) in [6, 6.07) is 5.71. The number of fused-ring (bicyclic) bond motifs is 1. The van der Waals surface area contributed by atoms with Crippen LogP contribution in [-0.4, -0.2) is 22.4 Å². The number of nitrogens with one attached hydrogen (secondary N) is 1. The highest BCUT2D eigenvalue weighted by molar-refractivity contribution is 7.18. The minimum atomic E-state index is 0.176. The van der Waals surface area contributed by atoms with Crippen LogP contribution in [0.25, 0.3) is 10.2 Å². The van der Waals surface area contributed by atoms with Gasteiger partial charge in [0.15, 0.2) is 0 Å². The van der Waals surface area contributed by atoms with Crippen molar-refractivity contribution in [2.75, 3.05) is 6.54 Å². The second kappa shape index (κ2) is 5.45. The maximum absolute atomic E-state index is 11.7. The minimum absolute atomic E-state index is 0.176. The normalized spacial score (nSPS) is 16.3. The molecule has 1 N–H and O–H groups in total. The molecule has 0 atom stereocenters. The zero-order valence-electron chi connectivity index (χ0n) is 10.4. The summed E-state index contributed by atoms with van der Waals surface area (Å²) in [5.41, 5.74) is 4.08. The summed E-state index contributed by atoms with van der Waals surface area (Å²) in [5.74, 6) is 0.176. The van der Waals surface area contributed by atoms with Crippen LogP contribution in [0.3, 0.4) is 0 Å². The van der Waals surface area contributed by atoms with Crippen LogP contribution in [0.1, 0.15) is 24.3 Å². The van der Waals surface area contributed by atoms with Gasteiger partial charge in [-0.1, -0.05) is 11.6 Å². The lowest BCUT2D eigenvalue weighted by molar-refractivity contribution is -0.136. The summed E-state index contributed by atoms with van der Waals surface area (Å²) >= 11 is 7.57. The number of halogens is 1. The van der Waals surface area contributed by atoms with Crippen LogP contribution in [0.4, 0.5) is 0 Å². The standard InChI is InChI=1S/C13H14ClN3OS/c14-9-4-5-11-10(7-9)16-12(19-11)8-15-17-6-2-1-3-13(17)18/h4-5,7,15H,1-3,6,8H2. The molecule has 0 radical (unpaired) electrons. The second-order valence-corrected chi connectivity index (χ2v) is 6.11. The van der Waals surface area contributed by atoms with Crippen LogP contribution in [0.15, 0.2) is 18.2 Å². The van der Waals surface area contributed by atoms with Crippen LogP contribution in [0.2, 0.25) is 5.02 Å². The number of carbonyl (C=O) groups excluding carboxylic acids is 1. The Balaban J connectivity index is 1.69. The Hall–Kier alpha value is -1.17. The van der Waals surface area contributed by atoms with Crippen LogP contribution < -0.4 is 5.43 Å². The van der Waals surface area contributed by atoms with Crippen LogP contribution in [0, 0.1) is 0 Å². The van der Waals surface area contributed by atoms with Crippen molar-refractivity contribution in [1.82, 2.24) is 15.4 Å². The SMILES string of the molecule is O=C1CCCCN1NCc1nc2cc(Cl)ccc2s1. The molecular formula is C13H14ClN3OS. The summed E-state index contributed by atoms with van der Waals surface area (Å²) in [7, 11) is 0. The van der Waals surface area contributed by atoms with Gasteiger partial charge in [0.25, 0.3) is 0 Å². The predicted octanol–water partition coefficient (Wildman–Crippen LogP) is 2.97. The second-order valence-electron chi connectivity index (χ2n) is 4.56. The number of thiazole rings is 1. The number of hydrazine groups is 1. The number of hydrogen-bond acceptors (Lipinski definition) is 4. The topological polar surface area (TPSA) is 45.2 Å². The highest BCUT2D eigenvalue weighted by Crippen LogP contribution is 2.25. The molecule has 2 aromatic rings. The van der Waals surface area contributed by atoms with E-state index in [1.165, 1.54) is 0 Å². The van der Waals surface area contributed by atoms with Gasteiger partial charge in [0, 0.05) is 18.0 Å². The molecule has 19 heavy (non-hydrogen) atoms. The first-order chi connectivity index (χ1) is 9.22. The Kier molecular flexibility index (Phi) is 3.68. The summed E-state index contributed by atoms with van der Waals surface area (Å²) in [4.78, 5) is 16.2. The van der Waals surface area contributed by atoms with Crippen molar-refractivity contribution in [1.29, 1.82) is 0 Å². The van der Waals surface area contributed by atoms with Gasteiger partial charge in [0.1, 0.15) is 5.01 Å². The van der Waals surface area contributed by atoms with Crippen molar-refractivity contribution in [3.8, 4) is 0 Å². The van der Waals surface area contributed by atoms with Gasteiger partial charge in [-0.15, -0.1) is 11.3 Å². The first-order valence-electron chi connectivity index (χ1n) is 6.31. The molecule has 0 spiro atoms. The first-order valence-corrected chi connectivity index (χ1v) is 7.51. The Morgan fingerprint density at radius 3 is 3.16 bits per heavy atom. The number of aromatic nitrogens is 1. The summed E-state index contributed by atoms with van der Waals surface area (Å²) in [5, 5.41) is 3.38. The monoisotopic (exact) mass is 295 g/mol. The quantitative estimate of drug-likeness (QED) is 0.947. The van der Waals surface area contributed by atoms with Crippen molar-refractivity contribution >= 4 is 39.1 Å². The molecule has 100 valence electrons. The largest absolute Gasteiger partial charge is 0.278 e. The Morgan fingerprint density at radius 2 is 2.32 bits per heavy atom. The fraction of sp³-hybridized carbons (Fsp3) is 0.385. The Labute approximate surface area is 120 Å². The van der Waals surface area contributed by atoms with Gasteiger partial charge in [-0.25, -0.2) is 10.4 Å². The summed E-state index contributed by atoms with van der Waals surface area (Å²) in [6.45, 7) is 1.37. The van der Waals surface area contributed by atoms with E-state index in [0.29, 0.717) is 18.0 Å². The molecule has 1 amide bonds. The Morgan fingerprint density at radius 1 is 1.42 bits per heavy atom. The van der Waals surface area contributed by atoms with E-state index in [0.717, 1.165) is 34.6 Å². The highest BCUT2D eigenvalue weighted by Gasteiger charge is 2.17. The van der Waals surface area contributed by atoms with E-state index in [9.17, 15) is 4.79 Å². The third-order valence-electron chi connectivity index (χ3n) is 3.14. The third kappa shape index (κ3) is 2.88. The average Bonchev–Trinajstić information content (AvgIpc) is 2.79. The molecule has 0 unspecified atom stereocenters. The van der Waals surface area contributed by atoms with E-state index in [4.69, 9.17) is 11.6 Å². The van der Waals surface area contributed by atoms with Gasteiger partial charge in [0.2, 0.25) is 5.91 Å². The predicted molar refractivity (Wildman–Crippen MR) is 77.0 cm³/mol. The maximum Gasteiger partial charge on any atom is 0.236 e. The molecule has 1 fully saturated rings. The average molecular weight is 296 g/mol. The van der Waals surface area contributed by atoms with Gasteiger partial charge in [-0.3, -0.25) is 9.80 Å². The van der Waals surface area contributed by atoms with Gasteiger partial charge < -0.3 is 0 Å². The molecule has 1 saturated heterocycles. The van der Waals surface area contributed by atoms with Crippen LogP contribution in [-0.2, 0) is 11.3 Å². The third-order valence-corrected chi connectivity index (χ3v) is 4.41. The van der Waals surface area contributed by atoms with Crippen molar-refractivity contribution in [3.63, 3.8) is 0 Å². The number of hydrogen-bond donors (Lipinski definition) is 1. The van der Waals surface area contributed by atoms with E-state index in [2.05, 4.69) is 10.4 Å². The number of nitrogens with zero attached hydrogens (tertiary/aromatic N) is 2. The van der Waals surface area contributed by atoms with E-state index < -0.39 is 0 Å². The summed E-state index contributed by atoms with van der Waals surface area (Å²) in [6.07, 6.45) is 2.70. The maximum atomic E-state index is 11.7. The fourth-order valence-electron chi connectivity index (χ4n) is 2.16. The number of benzene rings is 1. The highest BCUT2D eigenvalue weighted by atomic mass is 35.5. The Bertz CT molecular complexity index is 613.